The Hall–Kier alpha value is -2.47. The maximum absolute atomic E-state index is 12.0. The summed E-state index contributed by atoms with van der Waals surface area (Å²) in [5.74, 6) is -0.318. The lowest BCUT2D eigenvalue weighted by Crippen LogP contribution is -2.27. The summed E-state index contributed by atoms with van der Waals surface area (Å²) in [5, 5.41) is 2.70. The molecule has 20 heavy (non-hydrogen) atoms. The van der Waals surface area contributed by atoms with Crippen LogP contribution in [0.15, 0.2) is 53.5 Å². The van der Waals surface area contributed by atoms with Crippen molar-refractivity contribution in [2.24, 2.45) is 5.73 Å². The van der Waals surface area contributed by atoms with Gasteiger partial charge in [0.2, 0.25) is 5.91 Å². The summed E-state index contributed by atoms with van der Waals surface area (Å²) >= 11 is 4.92. The predicted molar refractivity (Wildman–Crippen MR) is 81.7 cm³/mol. The van der Waals surface area contributed by atoms with E-state index in [2.05, 4.69) is 5.32 Å². The van der Waals surface area contributed by atoms with Crippen molar-refractivity contribution in [3.63, 3.8) is 0 Å². The third kappa shape index (κ3) is 3.30. The molecule has 1 heterocycles. The minimum Gasteiger partial charge on any atom is -0.389 e. The highest BCUT2D eigenvalue weighted by atomic mass is 32.1. The van der Waals surface area contributed by atoms with Gasteiger partial charge in [-0.05, 0) is 18.2 Å². The van der Waals surface area contributed by atoms with Crippen molar-refractivity contribution in [2.45, 2.75) is 6.54 Å². The number of thiocarbonyl (C=S) groups is 1. The molecule has 3 N–H and O–H groups in total. The smallest absolute Gasteiger partial charge is 0.250 e. The molecule has 0 aliphatic carbocycles. The number of benzene rings is 1. The molecule has 0 aliphatic heterocycles. The van der Waals surface area contributed by atoms with Gasteiger partial charge in [0.05, 0.1) is 5.69 Å². The van der Waals surface area contributed by atoms with E-state index in [4.69, 9.17) is 18.0 Å². The molecule has 0 atom stereocenters. The van der Waals surface area contributed by atoms with Gasteiger partial charge in [-0.25, -0.2) is 0 Å². The van der Waals surface area contributed by atoms with Gasteiger partial charge in [-0.2, -0.15) is 0 Å². The van der Waals surface area contributed by atoms with Crippen molar-refractivity contribution in [1.29, 1.82) is 0 Å². The molecule has 0 bridgehead atoms. The lowest BCUT2D eigenvalue weighted by molar-refractivity contribution is -0.116. The zero-order valence-corrected chi connectivity index (χ0v) is 11.4. The van der Waals surface area contributed by atoms with Crippen LogP contribution in [0.5, 0.6) is 0 Å². The van der Waals surface area contributed by atoms with Crippen LogP contribution in [0.2, 0.25) is 0 Å². The van der Waals surface area contributed by atoms with Gasteiger partial charge in [0.15, 0.2) is 0 Å². The molecule has 0 saturated carbocycles. The summed E-state index contributed by atoms with van der Waals surface area (Å²) in [5.41, 5.74) is 6.49. The zero-order chi connectivity index (χ0) is 14.5. The summed E-state index contributed by atoms with van der Waals surface area (Å²) in [7, 11) is 0. The molecule has 2 rings (SSSR count). The quantitative estimate of drug-likeness (QED) is 0.826. The number of para-hydroxylation sites is 1. The second-order valence-corrected chi connectivity index (χ2v) is 4.56. The summed E-state index contributed by atoms with van der Waals surface area (Å²) in [4.78, 5) is 23.7. The fourth-order valence-corrected chi connectivity index (χ4v) is 1.92. The lowest BCUT2D eigenvalue weighted by atomic mass is 10.2. The van der Waals surface area contributed by atoms with Gasteiger partial charge >= 0.3 is 0 Å². The first-order chi connectivity index (χ1) is 9.58. The molecule has 0 fully saturated rings. The first-order valence-corrected chi connectivity index (χ1v) is 6.33. The van der Waals surface area contributed by atoms with Crippen molar-refractivity contribution in [2.75, 3.05) is 5.32 Å². The molecule has 102 valence electrons. The fraction of sp³-hybridized carbons (Fsp3) is 0.0714. The van der Waals surface area contributed by atoms with E-state index in [0.717, 1.165) is 0 Å². The Kier molecular flexibility index (Phi) is 4.27. The maximum atomic E-state index is 12.0. The Balaban J connectivity index is 2.15. The Morgan fingerprint density at radius 1 is 1.20 bits per heavy atom. The van der Waals surface area contributed by atoms with Gasteiger partial charge in [-0.15, -0.1) is 0 Å². The molecule has 1 aromatic carbocycles. The van der Waals surface area contributed by atoms with Crippen molar-refractivity contribution < 1.29 is 4.79 Å². The molecule has 0 radical (unpaired) electrons. The van der Waals surface area contributed by atoms with E-state index in [1.54, 1.807) is 42.6 Å². The van der Waals surface area contributed by atoms with Crippen LogP contribution in [0.1, 0.15) is 5.56 Å². The van der Waals surface area contributed by atoms with Gasteiger partial charge in [0, 0.05) is 17.8 Å². The van der Waals surface area contributed by atoms with Gasteiger partial charge in [0.25, 0.3) is 5.56 Å². The highest BCUT2D eigenvalue weighted by Crippen LogP contribution is 2.14. The zero-order valence-electron chi connectivity index (χ0n) is 10.6. The van der Waals surface area contributed by atoms with Crippen molar-refractivity contribution in [3.05, 3.63) is 64.6 Å². The van der Waals surface area contributed by atoms with Crippen molar-refractivity contribution in [1.82, 2.24) is 4.57 Å². The van der Waals surface area contributed by atoms with E-state index in [9.17, 15) is 9.59 Å². The van der Waals surface area contributed by atoms with Gasteiger partial charge in [-0.1, -0.05) is 30.4 Å². The third-order valence-electron chi connectivity index (χ3n) is 2.68. The Morgan fingerprint density at radius 3 is 2.60 bits per heavy atom. The number of anilines is 1. The topological polar surface area (TPSA) is 77.1 Å². The van der Waals surface area contributed by atoms with Gasteiger partial charge in [-0.3, -0.25) is 9.59 Å². The van der Waals surface area contributed by atoms with Crippen molar-refractivity contribution >= 4 is 28.8 Å². The number of rotatable bonds is 4. The predicted octanol–water partition coefficient (Wildman–Crippen LogP) is 1.12. The Morgan fingerprint density at radius 2 is 1.90 bits per heavy atom. The van der Waals surface area contributed by atoms with Crippen LogP contribution < -0.4 is 16.6 Å². The van der Waals surface area contributed by atoms with Crippen LogP contribution in [0, 0.1) is 0 Å². The highest BCUT2D eigenvalue weighted by molar-refractivity contribution is 7.80. The van der Waals surface area contributed by atoms with E-state index in [0.29, 0.717) is 11.3 Å². The lowest BCUT2D eigenvalue weighted by Gasteiger charge is -2.10. The minimum atomic E-state index is -0.318. The normalized spacial score (nSPS) is 10.0. The third-order valence-corrected chi connectivity index (χ3v) is 2.90. The van der Waals surface area contributed by atoms with E-state index >= 15 is 0 Å². The first kappa shape index (κ1) is 14.0. The molecular formula is C14H13N3O2S. The van der Waals surface area contributed by atoms with Gasteiger partial charge < -0.3 is 15.6 Å². The number of pyridine rings is 1. The number of nitrogens with zero attached hydrogens (tertiary/aromatic N) is 1. The van der Waals surface area contributed by atoms with Crippen LogP contribution in [-0.2, 0) is 11.3 Å². The van der Waals surface area contributed by atoms with Crippen LogP contribution in [-0.4, -0.2) is 15.5 Å². The number of carbonyl (C=O) groups is 1. The summed E-state index contributed by atoms with van der Waals surface area (Å²) in [6.45, 7) is -0.0641. The van der Waals surface area contributed by atoms with E-state index < -0.39 is 0 Å². The van der Waals surface area contributed by atoms with E-state index in [1.165, 1.54) is 10.6 Å². The van der Waals surface area contributed by atoms with E-state index in [-0.39, 0.29) is 23.0 Å². The molecule has 5 nitrogen and oxygen atoms in total. The molecule has 1 amide bonds. The van der Waals surface area contributed by atoms with Crippen LogP contribution in [0.3, 0.4) is 0 Å². The van der Waals surface area contributed by atoms with Crippen LogP contribution >= 0.6 is 12.2 Å². The number of nitrogens with two attached hydrogens (primary N) is 1. The molecule has 0 unspecified atom stereocenters. The molecule has 1 aromatic heterocycles. The fourth-order valence-electron chi connectivity index (χ4n) is 1.74. The summed E-state index contributed by atoms with van der Waals surface area (Å²) in [6.07, 6.45) is 1.56. The number of hydrogen-bond donors (Lipinski definition) is 2. The highest BCUT2D eigenvalue weighted by Gasteiger charge is 2.09. The Labute approximate surface area is 121 Å². The largest absolute Gasteiger partial charge is 0.389 e. The molecule has 6 heteroatoms. The SMILES string of the molecule is NC(=S)c1ccccc1NC(=O)Cn1ccccc1=O. The number of carbonyl (C=O) groups excluding carboxylic acids is 1. The average molecular weight is 287 g/mol. The second kappa shape index (κ2) is 6.12. The Bertz CT molecular complexity index is 709. The van der Waals surface area contributed by atoms with Gasteiger partial charge in [0.1, 0.15) is 11.5 Å². The standard InChI is InChI=1S/C14H13N3O2S/c15-14(20)10-5-1-2-6-11(10)16-12(18)9-17-8-4-3-7-13(17)19/h1-8H,9H2,(H2,15,20)(H,16,18). The summed E-state index contributed by atoms with van der Waals surface area (Å²) in [6, 6.07) is 11.7. The second-order valence-electron chi connectivity index (χ2n) is 4.12. The molecule has 0 aliphatic rings. The van der Waals surface area contributed by atoms with Crippen LogP contribution in [0.25, 0.3) is 0 Å². The number of nitrogens with one attached hydrogen (secondary N) is 1. The monoisotopic (exact) mass is 287 g/mol. The van der Waals surface area contributed by atoms with Crippen molar-refractivity contribution in [3.8, 4) is 0 Å². The molecule has 2 aromatic rings. The van der Waals surface area contributed by atoms with Crippen LogP contribution in [0.4, 0.5) is 5.69 Å². The maximum Gasteiger partial charge on any atom is 0.250 e. The molecule has 0 spiro atoms. The number of aromatic nitrogens is 1. The van der Waals surface area contributed by atoms with E-state index in [1.807, 2.05) is 0 Å². The molecular weight excluding hydrogens is 274 g/mol. The summed E-state index contributed by atoms with van der Waals surface area (Å²) < 4.78 is 1.32. The average Bonchev–Trinajstić information content (AvgIpc) is 2.41. The molecule has 0 saturated heterocycles. The number of hydrogen-bond acceptors (Lipinski definition) is 3. The number of amides is 1. The minimum absolute atomic E-state index is 0.0641. The first-order valence-electron chi connectivity index (χ1n) is 5.92.